The maximum Gasteiger partial charge on any atom is 0.263 e. The highest BCUT2D eigenvalue weighted by molar-refractivity contribution is 6.32. The molecular formula is C14H19ClN2O2. The molecule has 4 nitrogen and oxygen atoms in total. The molecule has 2 rings (SSSR count). The van der Waals surface area contributed by atoms with Gasteiger partial charge in [-0.1, -0.05) is 23.7 Å². The van der Waals surface area contributed by atoms with Crippen molar-refractivity contribution in [2.24, 2.45) is 0 Å². The minimum absolute atomic E-state index is 0.00766. The average molecular weight is 283 g/mol. The first-order valence-corrected chi connectivity index (χ1v) is 6.89. The fourth-order valence-electron chi connectivity index (χ4n) is 2.17. The lowest BCUT2D eigenvalue weighted by molar-refractivity contribution is -0.139. The number of amides is 1. The molecule has 1 aromatic rings. The predicted octanol–water partition coefficient (Wildman–Crippen LogP) is 1.93. The molecule has 1 N–H and O–H groups in total. The van der Waals surface area contributed by atoms with Gasteiger partial charge < -0.3 is 15.0 Å². The van der Waals surface area contributed by atoms with E-state index in [4.69, 9.17) is 16.3 Å². The lowest BCUT2D eigenvalue weighted by atomic mass is 10.2. The third kappa shape index (κ3) is 3.61. The van der Waals surface area contributed by atoms with Gasteiger partial charge in [-0.3, -0.25) is 4.79 Å². The zero-order chi connectivity index (χ0) is 13.8. The highest BCUT2D eigenvalue weighted by atomic mass is 35.5. The summed E-state index contributed by atoms with van der Waals surface area (Å²) in [5, 5.41) is 3.83. The molecule has 0 spiro atoms. The zero-order valence-electron chi connectivity index (χ0n) is 11.2. The van der Waals surface area contributed by atoms with Gasteiger partial charge in [-0.25, -0.2) is 0 Å². The molecule has 5 heteroatoms. The minimum Gasteiger partial charge on any atom is -0.479 e. The molecule has 19 heavy (non-hydrogen) atoms. The standard InChI is InChI=1S/C14H19ClN2O2/c1-10-9-17(8-7-16-10)14(18)11(2)19-13-6-4-3-5-12(13)15/h3-6,10-11,16H,7-9H2,1-2H3/t10-,11-/m1/s1. The van der Waals surface area contributed by atoms with Gasteiger partial charge in [0.15, 0.2) is 6.10 Å². The van der Waals surface area contributed by atoms with Crippen molar-refractivity contribution < 1.29 is 9.53 Å². The van der Waals surface area contributed by atoms with Gasteiger partial charge in [0.05, 0.1) is 5.02 Å². The first-order chi connectivity index (χ1) is 9.08. The van der Waals surface area contributed by atoms with E-state index < -0.39 is 6.10 Å². The summed E-state index contributed by atoms with van der Waals surface area (Å²) in [6.07, 6.45) is -0.523. The summed E-state index contributed by atoms with van der Waals surface area (Å²) in [6.45, 7) is 6.09. The van der Waals surface area contributed by atoms with Crippen LogP contribution in [0.15, 0.2) is 24.3 Å². The van der Waals surface area contributed by atoms with E-state index in [0.717, 1.165) is 19.6 Å². The summed E-state index contributed by atoms with van der Waals surface area (Å²) in [7, 11) is 0. The maximum absolute atomic E-state index is 12.3. The largest absolute Gasteiger partial charge is 0.479 e. The molecule has 2 atom stereocenters. The average Bonchev–Trinajstić information content (AvgIpc) is 2.40. The second-order valence-corrected chi connectivity index (χ2v) is 5.24. The van der Waals surface area contributed by atoms with E-state index in [1.54, 1.807) is 19.1 Å². The Kier molecular flexibility index (Phi) is 4.66. The zero-order valence-corrected chi connectivity index (χ0v) is 12.0. The van der Waals surface area contributed by atoms with Gasteiger partial charge in [-0.2, -0.15) is 0 Å². The van der Waals surface area contributed by atoms with Crippen molar-refractivity contribution >= 4 is 17.5 Å². The molecule has 0 radical (unpaired) electrons. The molecule has 1 fully saturated rings. The number of benzene rings is 1. The molecule has 1 heterocycles. The lowest BCUT2D eigenvalue weighted by Crippen LogP contribution is -2.54. The van der Waals surface area contributed by atoms with Crippen molar-refractivity contribution in [2.75, 3.05) is 19.6 Å². The molecule has 1 aromatic carbocycles. The van der Waals surface area contributed by atoms with Crippen LogP contribution in [-0.2, 0) is 4.79 Å². The summed E-state index contributed by atoms with van der Waals surface area (Å²) >= 11 is 6.02. The highest BCUT2D eigenvalue weighted by Crippen LogP contribution is 2.24. The maximum atomic E-state index is 12.3. The predicted molar refractivity (Wildman–Crippen MR) is 75.6 cm³/mol. The second-order valence-electron chi connectivity index (χ2n) is 4.83. The number of rotatable bonds is 3. The number of hydrogen-bond donors (Lipinski definition) is 1. The number of nitrogens with zero attached hydrogens (tertiary/aromatic N) is 1. The van der Waals surface area contributed by atoms with E-state index in [1.807, 2.05) is 17.0 Å². The molecule has 0 bridgehead atoms. The molecule has 0 aromatic heterocycles. The first kappa shape index (κ1) is 14.2. The molecule has 1 amide bonds. The highest BCUT2D eigenvalue weighted by Gasteiger charge is 2.26. The van der Waals surface area contributed by atoms with Crippen LogP contribution in [0.25, 0.3) is 0 Å². The number of carbonyl (C=O) groups is 1. The van der Waals surface area contributed by atoms with Crippen LogP contribution in [0, 0.1) is 0 Å². The molecule has 1 saturated heterocycles. The number of halogens is 1. The Morgan fingerprint density at radius 1 is 1.53 bits per heavy atom. The van der Waals surface area contributed by atoms with Crippen LogP contribution in [0.5, 0.6) is 5.75 Å². The SMILES string of the molecule is C[C@@H]1CN(C(=O)[C@@H](C)Oc2ccccc2Cl)CCN1. The van der Waals surface area contributed by atoms with E-state index in [2.05, 4.69) is 12.2 Å². The fraction of sp³-hybridized carbons (Fsp3) is 0.500. The number of piperazine rings is 1. The fourth-order valence-corrected chi connectivity index (χ4v) is 2.35. The summed E-state index contributed by atoms with van der Waals surface area (Å²) in [6, 6.07) is 7.52. The summed E-state index contributed by atoms with van der Waals surface area (Å²) in [5.74, 6) is 0.557. The molecule has 1 aliphatic rings. The Hall–Kier alpha value is -1.26. The van der Waals surface area contributed by atoms with Crippen molar-refractivity contribution in [3.8, 4) is 5.75 Å². The Morgan fingerprint density at radius 2 is 2.26 bits per heavy atom. The van der Waals surface area contributed by atoms with Crippen molar-refractivity contribution in [2.45, 2.75) is 26.0 Å². The Labute approximate surface area is 118 Å². The second kappa shape index (κ2) is 6.26. The smallest absolute Gasteiger partial charge is 0.263 e. The van der Waals surface area contributed by atoms with Crippen LogP contribution in [0.4, 0.5) is 0 Å². The van der Waals surface area contributed by atoms with E-state index in [9.17, 15) is 4.79 Å². The van der Waals surface area contributed by atoms with Gasteiger partial charge in [-0.15, -0.1) is 0 Å². The molecule has 104 valence electrons. The number of ether oxygens (including phenoxy) is 1. The number of para-hydroxylation sites is 1. The first-order valence-electron chi connectivity index (χ1n) is 6.51. The van der Waals surface area contributed by atoms with Gasteiger partial charge in [-0.05, 0) is 26.0 Å². The van der Waals surface area contributed by atoms with Gasteiger partial charge >= 0.3 is 0 Å². The van der Waals surface area contributed by atoms with Crippen molar-refractivity contribution in [1.82, 2.24) is 10.2 Å². The summed E-state index contributed by atoms with van der Waals surface area (Å²) in [5.41, 5.74) is 0. The van der Waals surface area contributed by atoms with Gasteiger partial charge in [0, 0.05) is 25.7 Å². The normalized spacial score (nSPS) is 21.0. The topological polar surface area (TPSA) is 41.6 Å². The summed E-state index contributed by atoms with van der Waals surface area (Å²) < 4.78 is 5.65. The molecule has 0 saturated carbocycles. The van der Waals surface area contributed by atoms with Crippen LogP contribution in [0.3, 0.4) is 0 Å². The number of nitrogens with one attached hydrogen (secondary N) is 1. The van der Waals surface area contributed by atoms with Crippen LogP contribution in [-0.4, -0.2) is 42.6 Å². The van der Waals surface area contributed by atoms with E-state index >= 15 is 0 Å². The van der Waals surface area contributed by atoms with Crippen molar-refractivity contribution in [1.29, 1.82) is 0 Å². The van der Waals surface area contributed by atoms with Crippen LogP contribution >= 0.6 is 11.6 Å². The van der Waals surface area contributed by atoms with Gasteiger partial charge in [0.2, 0.25) is 0 Å². The molecular weight excluding hydrogens is 264 g/mol. The third-order valence-electron chi connectivity index (χ3n) is 3.17. The number of carbonyl (C=O) groups excluding carboxylic acids is 1. The van der Waals surface area contributed by atoms with Crippen LogP contribution < -0.4 is 10.1 Å². The van der Waals surface area contributed by atoms with Gasteiger partial charge in [0.25, 0.3) is 5.91 Å². The van der Waals surface area contributed by atoms with Crippen molar-refractivity contribution in [3.63, 3.8) is 0 Å². The quantitative estimate of drug-likeness (QED) is 0.921. The Bertz CT molecular complexity index is 453. The van der Waals surface area contributed by atoms with E-state index in [-0.39, 0.29) is 5.91 Å². The number of hydrogen-bond acceptors (Lipinski definition) is 3. The monoisotopic (exact) mass is 282 g/mol. The molecule has 0 aliphatic carbocycles. The van der Waals surface area contributed by atoms with E-state index in [1.165, 1.54) is 0 Å². The van der Waals surface area contributed by atoms with Crippen molar-refractivity contribution in [3.05, 3.63) is 29.3 Å². The summed E-state index contributed by atoms with van der Waals surface area (Å²) in [4.78, 5) is 14.1. The minimum atomic E-state index is -0.523. The van der Waals surface area contributed by atoms with Crippen LogP contribution in [0.1, 0.15) is 13.8 Å². The molecule has 0 unspecified atom stereocenters. The van der Waals surface area contributed by atoms with Gasteiger partial charge in [0.1, 0.15) is 5.75 Å². The van der Waals surface area contributed by atoms with E-state index in [0.29, 0.717) is 16.8 Å². The molecule has 1 aliphatic heterocycles. The lowest BCUT2D eigenvalue weighted by Gasteiger charge is -2.33. The third-order valence-corrected chi connectivity index (χ3v) is 3.48. The Balaban J connectivity index is 1.97. The van der Waals surface area contributed by atoms with Crippen LogP contribution in [0.2, 0.25) is 5.02 Å². The Morgan fingerprint density at radius 3 is 2.95 bits per heavy atom.